The molecular weight excluding hydrogens is 406 g/mol. The van der Waals surface area contributed by atoms with Gasteiger partial charge in [0.05, 0.1) is 22.9 Å². The van der Waals surface area contributed by atoms with Gasteiger partial charge in [-0.15, -0.1) is 21.5 Å². The number of thioether (sulfide) groups is 1. The Balaban J connectivity index is 1.20. The van der Waals surface area contributed by atoms with Crippen LogP contribution in [-0.2, 0) is 17.8 Å². The molecule has 0 aliphatic carbocycles. The smallest absolute Gasteiger partial charge is 0.277 e. The summed E-state index contributed by atoms with van der Waals surface area (Å²) in [5.74, 6) is 0.958. The Hall–Kier alpha value is -2.23. The number of carbonyl (C=O) groups is 1. The zero-order valence-corrected chi connectivity index (χ0v) is 17.9. The lowest BCUT2D eigenvalue weighted by Crippen LogP contribution is -2.48. The van der Waals surface area contributed by atoms with Gasteiger partial charge in [0.15, 0.2) is 0 Å². The highest BCUT2D eigenvalue weighted by molar-refractivity contribution is 7.99. The number of piperazine rings is 1. The normalized spacial score (nSPS) is 15.0. The Morgan fingerprint density at radius 2 is 1.97 bits per heavy atom. The summed E-state index contributed by atoms with van der Waals surface area (Å²) in [5, 5.41) is 11.5. The monoisotopic (exact) mass is 429 g/mol. The van der Waals surface area contributed by atoms with Crippen molar-refractivity contribution in [1.82, 2.24) is 25.0 Å². The highest BCUT2D eigenvalue weighted by atomic mass is 32.2. The average Bonchev–Trinajstić information content (AvgIpc) is 3.36. The molecule has 9 heteroatoms. The standard InChI is InChI=1S/C20H23N5O2S2/c1-15-21-17(13-28-15)11-18-22-23-20(27-18)29-14-19(26)25-9-7-24(8-10-25)12-16-5-3-2-4-6-16/h2-6,13H,7-12,14H2,1H3. The SMILES string of the molecule is Cc1nc(Cc2nnc(SCC(=O)N3CCN(Cc4ccccc4)CC3)o2)cs1. The van der Waals surface area contributed by atoms with Crippen molar-refractivity contribution in [3.05, 3.63) is 57.9 Å². The lowest BCUT2D eigenvalue weighted by Gasteiger charge is -2.34. The van der Waals surface area contributed by atoms with Gasteiger partial charge in [0.25, 0.3) is 5.22 Å². The molecule has 1 aliphatic rings. The van der Waals surface area contributed by atoms with Gasteiger partial charge in [0, 0.05) is 38.1 Å². The lowest BCUT2D eigenvalue weighted by atomic mass is 10.2. The van der Waals surface area contributed by atoms with E-state index in [0.717, 1.165) is 43.4 Å². The van der Waals surface area contributed by atoms with Gasteiger partial charge in [0.1, 0.15) is 0 Å². The number of rotatable bonds is 7. The number of aromatic nitrogens is 3. The maximum atomic E-state index is 12.5. The van der Waals surface area contributed by atoms with Gasteiger partial charge in [-0.25, -0.2) is 4.98 Å². The summed E-state index contributed by atoms with van der Waals surface area (Å²) < 4.78 is 5.64. The summed E-state index contributed by atoms with van der Waals surface area (Å²) in [6, 6.07) is 10.4. The van der Waals surface area contributed by atoms with Crippen LogP contribution in [0.2, 0.25) is 0 Å². The number of carbonyl (C=O) groups excluding carboxylic acids is 1. The molecule has 0 bridgehead atoms. The number of hydrogen-bond acceptors (Lipinski definition) is 8. The van der Waals surface area contributed by atoms with Crippen LogP contribution in [0.1, 0.15) is 22.2 Å². The Morgan fingerprint density at radius 1 is 1.17 bits per heavy atom. The number of amides is 1. The van der Waals surface area contributed by atoms with Gasteiger partial charge in [-0.3, -0.25) is 9.69 Å². The first kappa shape index (κ1) is 20.1. The molecule has 0 N–H and O–H groups in total. The van der Waals surface area contributed by atoms with Gasteiger partial charge < -0.3 is 9.32 Å². The molecule has 2 aromatic heterocycles. The molecule has 1 fully saturated rings. The average molecular weight is 430 g/mol. The molecule has 29 heavy (non-hydrogen) atoms. The van der Waals surface area contributed by atoms with Crippen molar-refractivity contribution < 1.29 is 9.21 Å². The summed E-state index contributed by atoms with van der Waals surface area (Å²) in [5.41, 5.74) is 2.24. The second-order valence-electron chi connectivity index (χ2n) is 6.93. The molecule has 3 aromatic rings. The van der Waals surface area contributed by atoms with E-state index < -0.39 is 0 Å². The van der Waals surface area contributed by atoms with Crippen molar-refractivity contribution >= 4 is 29.0 Å². The van der Waals surface area contributed by atoms with Crippen LogP contribution in [0.4, 0.5) is 0 Å². The van der Waals surface area contributed by atoms with Gasteiger partial charge in [-0.05, 0) is 12.5 Å². The summed E-state index contributed by atoms with van der Waals surface area (Å²) in [7, 11) is 0. The van der Waals surface area contributed by atoms with E-state index in [9.17, 15) is 4.79 Å². The number of hydrogen-bond donors (Lipinski definition) is 0. The van der Waals surface area contributed by atoms with E-state index in [1.165, 1.54) is 17.3 Å². The summed E-state index contributed by atoms with van der Waals surface area (Å²) >= 11 is 2.90. The number of aryl methyl sites for hydroxylation is 1. The van der Waals surface area contributed by atoms with Crippen LogP contribution in [0.5, 0.6) is 0 Å². The minimum atomic E-state index is 0.115. The third-order valence-corrected chi connectivity index (χ3v) is 6.37. The Bertz CT molecular complexity index is 935. The molecule has 0 atom stereocenters. The van der Waals surface area contributed by atoms with E-state index in [4.69, 9.17) is 4.42 Å². The largest absolute Gasteiger partial charge is 0.416 e. The first-order chi connectivity index (χ1) is 14.2. The van der Waals surface area contributed by atoms with Crippen molar-refractivity contribution in [2.24, 2.45) is 0 Å². The molecule has 7 nitrogen and oxygen atoms in total. The quantitative estimate of drug-likeness (QED) is 0.535. The Morgan fingerprint density at radius 3 is 2.69 bits per heavy atom. The molecule has 1 saturated heterocycles. The van der Waals surface area contributed by atoms with Crippen LogP contribution in [-0.4, -0.2) is 62.8 Å². The molecule has 3 heterocycles. The summed E-state index contributed by atoms with van der Waals surface area (Å²) in [6.45, 7) is 6.19. The van der Waals surface area contributed by atoms with Crippen molar-refractivity contribution in [1.29, 1.82) is 0 Å². The van der Waals surface area contributed by atoms with Crippen molar-refractivity contribution in [3.8, 4) is 0 Å². The van der Waals surface area contributed by atoms with Crippen LogP contribution in [0.15, 0.2) is 45.4 Å². The third kappa shape index (κ3) is 5.65. The van der Waals surface area contributed by atoms with Crippen LogP contribution >= 0.6 is 23.1 Å². The molecule has 0 radical (unpaired) electrons. The number of nitrogens with zero attached hydrogens (tertiary/aromatic N) is 5. The topological polar surface area (TPSA) is 75.4 Å². The predicted molar refractivity (Wildman–Crippen MR) is 113 cm³/mol. The first-order valence-electron chi connectivity index (χ1n) is 9.56. The van der Waals surface area contributed by atoms with Crippen LogP contribution < -0.4 is 0 Å². The summed E-state index contributed by atoms with van der Waals surface area (Å²) in [4.78, 5) is 21.2. The van der Waals surface area contributed by atoms with Gasteiger partial charge in [0.2, 0.25) is 11.8 Å². The summed E-state index contributed by atoms with van der Waals surface area (Å²) in [6.07, 6.45) is 0.523. The van der Waals surface area contributed by atoms with Crippen LogP contribution in [0.25, 0.3) is 0 Å². The zero-order valence-electron chi connectivity index (χ0n) is 16.3. The zero-order chi connectivity index (χ0) is 20.1. The van der Waals surface area contributed by atoms with E-state index in [0.29, 0.717) is 23.3 Å². The maximum Gasteiger partial charge on any atom is 0.277 e. The molecule has 0 unspecified atom stereocenters. The molecule has 1 aliphatic heterocycles. The van der Waals surface area contributed by atoms with Gasteiger partial charge >= 0.3 is 0 Å². The van der Waals surface area contributed by atoms with Gasteiger partial charge in [-0.2, -0.15) is 0 Å². The van der Waals surface area contributed by atoms with E-state index in [-0.39, 0.29) is 5.91 Å². The lowest BCUT2D eigenvalue weighted by molar-refractivity contribution is -0.130. The van der Waals surface area contributed by atoms with E-state index in [1.54, 1.807) is 11.3 Å². The highest BCUT2D eigenvalue weighted by Gasteiger charge is 2.22. The second kappa shape index (κ2) is 9.51. The van der Waals surface area contributed by atoms with Crippen molar-refractivity contribution in [2.75, 3.05) is 31.9 Å². The van der Waals surface area contributed by atoms with Crippen molar-refractivity contribution in [3.63, 3.8) is 0 Å². The molecule has 1 aromatic carbocycles. The minimum absolute atomic E-state index is 0.115. The fraction of sp³-hybridized carbons (Fsp3) is 0.400. The number of thiazole rings is 1. The highest BCUT2D eigenvalue weighted by Crippen LogP contribution is 2.19. The maximum absolute atomic E-state index is 12.5. The first-order valence-corrected chi connectivity index (χ1v) is 11.4. The molecule has 0 spiro atoms. The number of benzene rings is 1. The van der Waals surface area contributed by atoms with E-state index in [2.05, 4.69) is 44.3 Å². The molecule has 4 rings (SSSR count). The molecule has 1 amide bonds. The fourth-order valence-corrected chi connectivity index (χ4v) is 4.52. The third-order valence-electron chi connectivity index (χ3n) is 4.74. The van der Waals surface area contributed by atoms with Gasteiger partial charge in [-0.1, -0.05) is 42.1 Å². The molecule has 0 saturated carbocycles. The Kier molecular flexibility index (Phi) is 6.58. The molecular formula is C20H23N5O2S2. The van der Waals surface area contributed by atoms with Crippen LogP contribution in [0, 0.1) is 6.92 Å². The van der Waals surface area contributed by atoms with Crippen molar-refractivity contribution in [2.45, 2.75) is 25.1 Å². The Labute approximate surface area is 178 Å². The second-order valence-corrected chi connectivity index (χ2v) is 8.92. The fourth-order valence-electron chi connectivity index (χ4n) is 3.22. The van der Waals surface area contributed by atoms with Crippen LogP contribution in [0.3, 0.4) is 0 Å². The van der Waals surface area contributed by atoms with E-state index >= 15 is 0 Å². The minimum Gasteiger partial charge on any atom is -0.416 e. The predicted octanol–water partition coefficient (Wildman–Crippen LogP) is 2.86. The molecule has 152 valence electrons. The van der Waals surface area contributed by atoms with E-state index in [1.807, 2.05) is 23.3 Å².